The van der Waals surface area contributed by atoms with Crippen LogP contribution in [0.3, 0.4) is 0 Å². The van der Waals surface area contributed by atoms with E-state index in [1.165, 1.54) is 22.9 Å². The molecule has 0 saturated carbocycles. The average molecular weight is 296 g/mol. The second-order valence-electron chi connectivity index (χ2n) is 5.05. The zero-order valence-electron chi connectivity index (χ0n) is 12.1. The van der Waals surface area contributed by atoms with E-state index in [-0.39, 0.29) is 5.78 Å². The number of methoxy groups -OCH3 is 1. The number of Topliss-reactive ketones (excluding diaryl/α,β-unsaturated/α-hetero) is 1. The lowest BCUT2D eigenvalue weighted by Crippen LogP contribution is -1.95. The quantitative estimate of drug-likeness (QED) is 0.784. The summed E-state index contributed by atoms with van der Waals surface area (Å²) in [7, 11) is 1.64. The van der Waals surface area contributed by atoms with Gasteiger partial charge >= 0.3 is 0 Å². The van der Waals surface area contributed by atoms with E-state index in [2.05, 4.69) is 31.2 Å². The van der Waals surface area contributed by atoms with Crippen molar-refractivity contribution in [2.45, 2.75) is 18.2 Å². The van der Waals surface area contributed by atoms with Crippen molar-refractivity contribution >= 4 is 17.5 Å². The molecule has 2 nitrogen and oxygen atoms in total. The molecular formula is C18H16O2S. The van der Waals surface area contributed by atoms with Crippen molar-refractivity contribution in [2.24, 2.45) is 0 Å². The number of benzene rings is 2. The molecular weight excluding hydrogens is 280 g/mol. The molecule has 106 valence electrons. The Morgan fingerprint density at radius 1 is 1.14 bits per heavy atom. The SMILES string of the molecule is COc1ccc2c(c1)SC(=CCc1ccc(C)cc1)C2=O. The molecule has 21 heavy (non-hydrogen) atoms. The van der Waals surface area contributed by atoms with Crippen molar-refractivity contribution in [3.63, 3.8) is 0 Å². The number of thioether (sulfide) groups is 1. The zero-order valence-corrected chi connectivity index (χ0v) is 12.9. The van der Waals surface area contributed by atoms with Crippen molar-refractivity contribution in [3.8, 4) is 5.75 Å². The highest BCUT2D eigenvalue weighted by molar-refractivity contribution is 8.04. The zero-order chi connectivity index (χ0) is 14.8. The summed E-state index contributed by atoms with van der Waals surface area (Å²) in [4.78, 5) is 14.1. The maximum Gasteiger partial charge on any atom is 0.200 e. The maximum absolute atomic E-state index is 12.3. The topological polar surface area (TPSA) is 26.3 Å². The Bertz CT molecular complexity index is 714. The van der Waals surface area contributed by atoms with E-state index in [0.717, 1.165) is 27.5 Å². The van der Waals surface area contributed by atoms with Gasteiger partial charge in [-0.15, -0.1) is 0 Å². The maximum atomic E-state index is 12.3. The van der Waals surface area contributed by atoms with Crippen molar-refractivity contribution in [1.82, 2.24) is 0 Å². The minimum Gasteiger partial charge on any atom is -0.497 e. The number of rotatable bonds is 3. The van der Waals surface area contributed by atoms with E-state index in [0.29, 0.717) is 0 Å². The van der Waals surface area contributed by atoms with Crippen LogP contribution in [-0.2, 0) is 6.42 Å². The summed E-state index contributed by atoms with van der Waals surface area (Å²) in [5.41, 5.74) is 3.24. The molecule has 2 aromatic carbocycles. The molecule has 0 aromatic heterocycles. The number of carbonyl (C=O) groups is 1. The van der Waals surface area contributed by atoms with E-state index in [4.69, 9.17) is 4.74 Å². The van der Waals surface area contributed by atoms with Gasteiger partial charge in [0.25, 0.3) is 0 Å². The van der Waals surface area contributed by atoms with Crippen molar-refractivity contribution in [2.75, 3.05) is 7.11 Å². The van der Waals surface area contributed by atoms with Crippen LogP contribution < -0.4 is 4.74 Å². The number of ether oxygens (including phenoxy) is 1. The lowest BCUT2D eigenvalue weighted by molar-refractivity contribution is 0.104. The minimum atomic E-state index is 0.116. The number of carbonyl (C=O) groups excluding carboxylic acids is 1. The van der Waals surface area contributed by atoms with Crippen LogP contribution in [0.1, 0.15) is 21.5 Å². The number of ketones is 1. The van der Waals surface area contributed by atoms with Crippen LogP contribution >= 0.6 is 11.8 Å². The Morgan fingerprint density at radius 2 is 1.90 bits per heavy atom. The number of aryl methyl sites for hydroxylation is 1. The Morgan fingerprint density at radius 3 is 2.62 bits per heavy atom. The highest BCUT2D eigenvalue weighted by atomic mass is 32.2. The van der Waals surface area contributed by atoms with Gasteiger partial charge in [0.1, 0.15) is 5.75 Å². The van der Waals surface area contributed by atoms with Crippen LogP contribution in [-0.4, -0.2) is 12.9 Å². The van der Waals surface area contributed by atoms with E-state index in [1.54, 1.807) is 7.11 Å². The molecule has 0 unspecified atom stereocenters. The predicted octanol–water partition coefficient (Wildman–Crippen LogP) is 4.42. The average Bonchev–Trinajstić information content (AvgIpc) is 2.82. The van der Waals surface area contributed by atoms with Crippen molar-refractivity contribution in [3.05, 3.63) is 70.1 Å². The van der Waals surface area contributed by atoms with Gasteiger partial charge in [-0.25, -0.2) is 0 Å². The fraction of sp³-hybridized carbons (Fsp3) is 0.167. The first-order valence-corrected chi connectivity index (χ1v) is 7.65. The molecule has 0 spiro atoms. The summed E-state index contributed by atoms with van der Waals surface area (Å²) >= 11 is 1.53. The summed E-state index contributed by atoms with van der Waals surface area (Å²) in [6.45, 7) is 2.07. The molecule has 1 aliphatic rings. The summed E-state index contributed by atoms with van der Waals surface area (Å²) in [6.07, 6.45) is 2.80. The van der Waals surface area contributed by atoms with Gasteiger partial charge in [-0.3, -0.25) is 4.79 Å². The van der Waals surface area contributed by atoms with E-state index >= 15 is 0 Å². The third kappa shape index (κ3) is 2.88. The fourth-order valence-electron chi connectivity index (χ4n) is 2.27. The molecule has 0 bridgehead atoms. The van der Waals surface area contributed by atoms with Gasteiger partial charge in [-0.2, -0.15) is 0 Å². The first-order chi connectivity index (χ1) is 10.2. The van der Waals surface area contributed by atoms with Gasteiger partial charge in [0.2, 0.25) is 5.78 Å². The third-order valence-corrected chi connectivity index (χ3v) is 4.65. The smallest absolute Gasteiger partial charge is 0.200 e. The van der Waals surface area contributed by atoms with Crippen LogP contribution in [0, 0.1) is 6.92 Å². The van der Waals surface area contributed by atoms with E-state index in [9.17, 15) is 4.79 Å². The standard InChI is InChI=1S/C18H16O2S/c1-12-3-5-13(6-4-12)7-10-16-18(19)15-9-8-14(20-2)11-17(15)21-16/h3-6,8-11H,7H2,1-2H3. The Balaban J connectivity index is 1.80. The molecule has 2 aromatic rings. The number of fused-ring (bicyclic) bond motifs is 1. The Hall–Kier alpha value is -2.00. The summed E-state index contributed by atoms with van der Waals surface area (Å²) in [5, 5.41) is 0. The highest BCUT2D eigenvalue weighted by Crippen LogP contribution is 2.41. The summed E-state index contributed by atoms with van der Waals surface area (Å²) in [5.74, 6) is 0.901. The molecule has 0 N–H and O–H groups in total. The van der Waals surface area contributed by atoms with Crippen LogP contribution in [0.4, 0.5) is 0 Å². The Labute approximate surface area is 128 Å². The molecule has 1 heterocycles. The van der Waals surface area contributed by atoms with Crippen LogP contribution in [0.2, 0.25) is 0 Å². The molecule has 0 aliphatic carbocycles. The monoisotopic (exact) mass is 296 g/mol. The molecule has 0 atom stereocenters. The first-order valence-electron chi connectivity index (χ1n) is 6.83. The van der Waals surface area contributed by atoms with Gasteiger partial charge < -0.3 is 4.74 Å². The summed E-state index contributed by atoms with van der Waals surface area (Å²) < 4.78 is 5.21. The molecule has 0 saturated heterocycles. The molecule has 0 amide bonds. The normalized spacial score (nSPS) is 15.3. The van der Waals surface area contributed by atoms with Gasteiger partial charge in [-0.05, 0) is 37.1 Å². The van der Waals surface area contributed by atoms with Crippen LogP contribution in [0.25, 0.3) is 0 Å². The largest absolute Gasteiger partial charge is 0.497 e. The first kappa shape index (κ1) is 14.0. The van der Waals surface area contributed by atoms with Crippen molar-refractivity contribution < 1.29 is 9.53 Å². The van der Waals surface area contributed by atoms with E-state index in [1.807, 2.05) is 24.3 Å². The minimum absolute atomic E-state index is 0.116. The molecule has 0 radical (unpaired) electrons. The number of allylic oxidation sites excluding steroid dienone is 2. The van der Waals surface area contributed by atoms with Gasteiger partial charge in [-0.1, -0.05) is 47.7 Å². The second-order valence-corrected chi connectivity index (χ2v) is 6.14. The van der Waals surface area contributed by atoms with Gasteiger partial charge in [0, 0.05) is 10.5 Å². The molecule has 3 rings (SSSR count). The molecule has 1 aliphatic heterocycles. The lowest BCUT2D eigenvalue weighted by atomic mass is 10.1. The number of hydrogen-bond acceptors (Lipinski definition) is 3. The van der Waals surface area contributed by atoms with Gasteiger partial charge in [0.15, 0.2) is 0 Å². The second kappa shape index (κ2) is 5.78. The van der Waals surface area contributed by atoms with Gasteiger partial charge in [0.05, 0.1) is 12.0 Å². The predicted molar refractivity (Wildman–Crippen MR) is 86.1 cm³/mol. The molecule has 3 heteroatoms. The van der Waals surface area contributed by atoms with Crippen LogP contribution in [0.5, 0.6) is 5.75 Å². The van der Waals surface area contributed by atoms with E-state index < -0.39 is 0 Å². The lowest BCUT2D eigenvalue weighted by Gasteiger charge is -2.00. The summed E-state index contributed by atoms with van der Waals surface area (Å²) in [6, 6.07) is 14.0. The number of hydrogen-bond donors (Lipinski definition) is 0. The molecule has 0 fully saturated rings. The fourth-order valence-corrected chi connectivity index (χ4v) is 3.32. The highest BCUT2D eigenvalue weighted by Gasteiger charge is 2.25. The van der Waals surface area contributed by atoms with Crippen LogP contribution in [0.15, 0.2) is 58.3 Å². The third-order valence-electron chi connectivity index (χ3n) is 3.52. The van der Waals surface area contributed by atoms with Crippen molar-refractivity contribution in [1.29, 1.82) is 0 Å². The Kier molecular flexibility index (Phi) is 3.84.